The molecule has 2 N–H and O–H groups in total. The highest BCUT2D eigenvalue weighted by Gasteiger charge is 2.15. The Bertz CT molecular complexity index is 666. The van der Waals surface area contributed by atoms with Crippen LogP contribution in [0.25, 0.3) is 0 Å². The first-order chi connectivity index (χ1) is 11.0. The Hall–Kier alpha value is -2.49. The predicted octanol–water partition coefficient (Wildman–Crippen LogP) is 4.01. The first-order valence-electron chi connectivity index (χ1n) is 7.84. The van der Waals surface area contributed by atoms with Crippen LogP contribution in [-0.4, -0.2) is 19.1 Å². The zero-order valence-corrected chi connectivity index (χ0v) is 14.1. The number of methoxy groups -OCH3 is 1. The molecule has 0 saturated carbocycles. The fourth-order valence-corrected chi connectivity index (χ4v) is 2.31. The summed E-state index contributed by atoms with van der Waals surface area (Å²) in [6.45, 7) is 5.94. The number of aryl methyl sites for hydroxylation is 2. The normalized spacial score (nSPS) is 11.7. The smallest absolute Gasteiger partial charge is 0.246 e. The summed E-state index contributed by atoms with van der Waals surface area (Å²) >= 11 is 0. The van der Waals surface area contributed by atoms with Crippen molar-refractivity contribution in [2.24, 2.45) is 0 Å². The zero-order chi connectivity index (χ0) is 16.8. The molecule has 0 fully saturated rings. The molecular weight excluding hydrogens is 288 g/mol. The van der Waals surface area contributed by atoms with E-state index >= 15 is 0 Å². The van der Waals surface area contributed by atoms with Gasteiger partial charge in [-0.25, -0.2) is 0 Å². The fraction of sp³-hybridized carbons (Fsp3) is 0.316. The van der Waals surface area contributed by atoms with Gasteiger partial charge in [-0.1, -0.05) is 25.1 Å². The highest BCUT2D eigenvalue weighted by Crippen LogP contribution is 2.26. The minimum Gasteiger partial charge on any atom is -0.495 e. The number of carbonyl (C=O) groups excluding carboxylic acids is 1. The number of hydrogen-bond acceptors (Lipinski definition) is 3. The summed E-state index contributed by atoms with van der Waals surface area (Å²) in [6, 6.07) is 13.4. The van der Waals surface area contributed by atoms with E-state index in [1.807, 2.05) is 56.3 Å². The van der Waals surface area contributed by atoms with Crippen LogP contribution in [0.15, 0.2) is 42.5 Å². The van der Waals surface area contributed by atoms with Crippen molar-refractivity contribution >= 4 is 17.3 Å². The lowest BCUT2D eigenvalue weighted by molar-refractivity contribution is -0.116. The van der Waals surface area contributed by atoms with Crippen molar-refractivity contribution in [3.8, 4) is 5.75 Å². The van der Waals surface area contributed by atoms with Gasteiger partial charge in [0.1, 0.15) is 11.8 Å². The maximum Gasteiger partial charge on any atom is 0.246 e. The van der Waals surface area contributed by atoms with E-state index in [4.69, 9.17) is 4.74 Å². The molecule has 0 aromatic heterocycles. The number of rotatable bonds is 6. The third-order valence-electron chi connectivity index (χ3n) is 3.75. The van der Waals surface area contributed by atoms with E-state index in [1.165, 1.54) is 5.56 Å². The van der Waals surface area contributed by atoms with Crippen molar-refractivity contribution in [3.63, 3.8) is 0 Å². The summed E-state index contributed by atoms with van der Waals surface area (Å²) < 4.78 is 5.33. The molecule has 0 radical (unpaired) electrons. The van der Waals surface area contributed by atoms with Crippen molar-refractivity contribution in [2.75, 3.05) is 17.7 Å². The minimum atomic E-state index is -0.378. The third-order valence-corrected chi connectivity index (χ3v) is 3.75. The average molecular weight is 312 g/mol. The molecule has 0 aliphatic rings. The van der Waals surface area contributed by atoms with Gasteiger partial charge in [-0.15, -0.1) is 0 Å². The van der Waals surface area contributed by atoms with E-state index in [1.54, 1.807) is 7.11 Å². The second-order valence-corrected chi connectivity index (χ2v) is 5.61. The molecule has 1 atom stereocenters. The Morgan fingerprint density at radius 2 is 1.87 bits per heavy atom. The molecule has 2 rings (SSSR count). The quantitative estimate of drug-likeness (QED) is 0.847. The van der Waals surface area contributed by atoms with Gasteiger partial charge in [-0.2, -0.15) is 0 Å². The van der Waals surface area contributed by atoms with Gasteiger partial charge < -0.3 is 15.4 Å². The molecule has 0 spiro atoms. The van der Waals surface area contributed by atoms with Crippen LogP contribution in [-0.2, 0) is 11.2 Å². The van der Waals surface area contributed by atoms with Gasteiger partial charge in [0.2, 0.25) is 5.91 Å². The lowest BCUT2D eigenvalue weighted by Crippen LogP contribution is -2.32. The topological polar surface area (TPSA) is 50.4 Å². The number of benzene rings is 2. The standard InChI is InChI=1S/C19H24N2O2/c1-5-15-7-9-16(10-8-15)21-19(22)14(3)20-17-12-13(2)6-11-18(17)23-4/h6-12,14,20H,5H2,1-4H3,(H,21,22). The van der Waals surface area contributed by atoms with Crippen molar-refractivity contribution in [1.82, 2.24) is 0 Å². The summed E-state index contributed by atoms with van der Waals surface area (Å²) in [7, 11) is 1.62. The SMILES string of the molecule is CCc1ccc(NC(=O)C(C)Nc2cc(C)ccc2OC)cc1. The van der Waals surface area contributed by atoms with Gasteiger partial charge in [-0.05, 0) is 55.7 Å². The first-order valence-corrected chi connectivity index (χ1v) is 7.84. The molecule has 0 heterocycles. The number of nitrogens with one attached hydrogen (secondary N) is 2. The lowest BCUT2D eigenvalue weighted by Gasteiger charge is -2.18. The molecule has 23 heavy (non-hydrogen) atoms. The van der Waals surface area contributed by atoms with Crippen LogP contribution in [0.2, 0.25) is 0 Å². The molecule has 0 saturated heterocycles. The van der Waals surface area contributed by atoms with Crippen molar-refractivity contribution < 1.29 is 9.53 Å². The van der Waals surface area contributed by atoms with Gasteiger partial charge in [0.15, 0.2) is 0 Å². The molecule has 4 nitrogen and oxygen atoms in total. The van der Waals surface area contributed by atoms with E-state index in [2.05, 4.69) is 17.6 Å². The Morgan fingerprint density at radius 1 is 1.17 bits per heavy atom. The molecule has 1 amide bonds. The summed E-state index contributed by atoms with van der Waals surface area (Å²) in [5, 5.41) is 6.13. The summed E-state index contributed by atoms with van der Waals surface area (Å²) in [4.78, 5) is 12.3. The van der Waals surface area contributed by atoms with Crippen LogP contribution in [0.4, 0.5) is 11.4 Å². The van der Waals surface area contributed by atoms with E-state index in [0.29, 0.717) is 0 Å². The monoisotopic (exact) mass is 312 g/mol. The van der Waals surface area contributed by atoms with Crippen LogP contribution in [0.5, 0.6) is 5.75 Å². The highest BCUT2D eigenvalue weighted by molar-refractivity contribution is 5.96. The molecule has 4 heteroatoms. The van der Waals surface area contributed by atoms with Gasteiger partial charge in [0.05, 0.1) is 12.8 Å². The van der Waals surface area contributed by atoms with E-state index in [0.717, 1.165) is 29.1 Å². The van der Waals surface area contributed by atoms with Crippen LogP contribution < -0.4 is 15.4 Å². The molecule has 2 aromatic carbocycles. The van der Waals surface area contributed by atoms with E-state index < -0.39 is 0 Å². The average Bonchev–Trinajstić information content (AvgIpc) is 2.55. The van der Waals surface area contributed by atoms with Crippen molar-refractivity contribution in [2.45, 2.75) is 33.2 Å². The Labute approximate surface area is 137 Å². The van der Waals surface area contributed by atoms with Gasteiger partial charge >= 0.3 is 0 Å². The van der Waals surface area contributed by atoms with Crippen molar-refractivity contribution in [3.05, 3.63) is 53.6 Å². The molecule has 2 aromatic rings. The van der Waals surface area contributed by atoms with Crippen LogP contribution in [0.3, 0.4) is 0 Å². The Balaban J connectivity index is 2.03. The number of ether oxygens (including phenoxy) is 1. The maximum absolute atomic E-state index is 12.3. The van der Waals surface area contributed by atoms with Gasteiger partial charge in [0, 0.05) is 5.69 Å². The number of amides is 1. The fourth-order valence-electron chi connectivity index (χ4n) is 2.31. The van der Waals surface area contributed by atoms with Crippen LogP contribution in [0.1, 0.15) is 25.0 Å². The molecule has 0 aliphatic heterocycles. The van der Waals surface area contributed by atoms with Crippen LogP contribution in [0, 0.1) is 6.92 Å². The summed E-state index contributed by atoms with van der Waals surface area (Å²) in [5.74, 6) is 0.639. The maximum atomic E-state index is 12.3. The molecule has 0 bridgehead atoms. The van der Waals surface area contributed by atoms with Gasteiger partial charge in [-0.3, -0.25) is 4.79 Å². The highest BCUT2D eigenvalue weighted by atomic mass is 16.5. The second kappa shape index (κ2) is 7.68. The Morgan fingerprint density at radius 3 is 2.48 bits per heavy atom. The second-order valence-electron chi connectivity index (χ2n) is 5.61. The van der Waals surface area contributed by atoms with Crippen LogP contribution >= 0.6 is 0 Å². The number of anilines is 2. The zero-order valence-electron chi connectivity index (χ0n) is 14.1. The van der Waals surface area contributed by atoms with E-state index in [9.17, 15) is 4.79 Å². The largest absolute Gasteiger partial charge is 0.495 e. The molecule has 122 valence electrons. The molecule has 1 unspecified atom stereocenters. The van der Waals surface area contributed by atoms with E-state index in [-0.39, 0.29) is 11.9 Å². The predicted molar refractivity (Wildman–Crippen MR) is 95.3 cm³/mol. The molecular formula is C19H24N2O2. The number of hydrogen-bond donors (Lipinski definition) is 2. The third kappa shape index (κ3) is 4.49. The summed E-state index contributed by atoms with van der Waals surface area (Å²) in [5.41, 5.74) is 3.98. The summed E-state index contributed by atoms with van der Waals surface area (Å²) in [6.07, 6.45) is 0.985. The van der Waals surface area contributed by atoms with Crippen molar-refractivity contribution in [1.29, 1.82) is 0 Å². The minimum absolute atomic E-state index is 0.0854. The first kappa shape index (κ1) is 16.9. The number of carbonyl (C=O) groups is 1. The lowest BCUT2D eigenvalue weighted by atomic mass is 10.1. The van der Waals surface area contributed by atoms with Gasteiger partial charge in [0.25, 0.3) is 0 Å². The Kier molecular flexibility index (Phi) is 5.63. The molecule has 0 aliphatic carbocycles.